The molecule has 2 aromatic heterocycles. The molecule has 3 aromatic rings. The van der Waals surface area contributed by atoms with E-state index < -0.39 is 0 Å². The molecule has 4 N–H and O–H groups in total. The number of benzene rings is 1. The molecule has 0 saturated heterocycles. The van der Waals surface area contributed by atoms with Gasteiger partial charge in [-0.1, -0.05) is 12.1 Å². The number of aliphatic imine (C=N–C) groups is 1. The minimum Gasteiger partial charge on any atom is -0.485 e. The summed E-state index contributed by atoms with van der Waals surface area (Å²) in [5.41, 5.74) is 17.4. The first-order chi connectivity index (χ1) is 14.5. The number of rotatable bonds is 2. The second-order valence-electron chi connectivity index (χ2n) is 6.98. The van der Waals surface area contributed by atoms with Crippen LogP contribution in [-0.4, -0.2) is 23.4 Å². The van der Waals surface area contributed by atoms with E-state index in [9.17, 15) is 4.39 Å². The van der Waals surface area contributed by atoms with Gasteiger partial charge < -0.3 is 20.7 Å². The van der Waals surface area contributed by atoms with Gasteiger partial charge in [-0.05, 0) is 30.7 Å². The van der Waals surface area contributed by atoms with Crippen molar-refractivity contribution in [3.05, 3.63) is 64.4 Å². The van der Waals surface area contributed by atoms with Gasteiger partial charge in [0.2, 0.25) is 0 Å². The van der Waals surface area contributed by atoms with Crippen molar-refractivity contribution in [1.29, 1.82) is 0 Å². The van der Waals surface area contributed by atoms with E-state index in [-0.39, 0.29) is 18.2 Å². The summed E-state index contributed by atoms with van der Waals surface area (Å²) < 4.78 is 25.6. The van der Waals surface area contributed by atoms with E-state index in [0.717, 1.165) is 22.4 Å². The Morgan fingerprint density at radius 2 is 2.10 bits per heavy atom. The number of anilines is 1. The monoisotopic (exact) mass is 407 g/mol. The maximum Gasteiger partial charge on any atom is 0.166 e. The van der Waals surface area contributed by atoms with E-state index in [1.807, 2.05) is 6.92 Å². The molecule has 0 spiro atoms. The summed E-state index contributed by atoms with van der Waals surface area (Å²) >= 11 is 0. The summed E-state index contributed by atoms with van der Waals surface area (Å²) in [6, 6.07) is 6.20. The van der Waals surface area contributed by atoms with Crippen molar-refractivity contribution in [1.82, 2.24) is 10.1 Å². The molecule has 154 valence electrons. The van der Waals surface area contributed by atoms with Crippen LogP contribution in [0.5, 0.6) is 5.75 Å². The number of fused-ring (bicyclic) bond motifs is 5. The van der Waals surface area contributed by atoms with E-state index in [4.69, 9.17) is 20.7 Å². The molecule has 7 nitrogen and oxygen atoms in total. The number of pyridine rings is 1. The number of nitrogens with two attached hydrogens (primary N) is 2. The molecule has 0 fully saturated rings. The third-order valence-corrected chi connectivity index (χ3v) is 5.06. The Kier molecular flexibility index (Phi) is 5.22. The molecule has 0 amide bonds. The first-order valence-electron chi connectivity index (χ1n) is 9.57. The van der Waals surface area contributed by atoms with E-state index in [0.29, 0.717) is 41.2 Å². The lowest BCUT2D eigenvalue weighted by Gasteiger charge is -2.16. The quantitative estimate of drug-likeness (QED) is 0.629. The molecular formula is C22H22FN5O2. The van der Waals surface area contributed by atoms with Crippen molar-refractivity contribution in [3.63, 3.8) is 0 Å². The molecule has 0 radical (unpaired) electrons. The van der Waals surface area contributed by atoms with Crippen LogP contribution in [0.2, 0.25) is 0 Å². The number of allylic oxidation sites excluding steroid dienone is 1. The number of hydrogen-bond donors (Lipinski definition) is 2. The highest BCUT2D eigenvalue weighted by molar-refractivity contribution is 5.91. The van der Waals surface area contributed by atoms with Crippen LogP contribution in [0.15, 0.2) is 45.6 Å². The maximum atomic E-state index is 14.0. The third kappa shape index (κ3) is 3.52. The Balaban J connectivity index is 1.99. The molecule has 1 aliphatic rings. The van der Waals surface area contributed by atoms with Crippen LogP contribution >= 0.6 is 0 Å². The molecule has 1 aliphatic heterocycles. The van der Waals surface area contributed by atoms with Gasteiger partial charge in [-0.25, -0.2) is 9.37 Å². The van der Waals surface area contributed by atoms with E-state index in [1.54, 1.807) is 31.6 Å². The summed E-state index contributed by atoms with van der Waals surface area (Å²) in [6.07, 6.45) is 4.39. The van der Waals surface area contributed by atoms with Gasteiger partial charge in [0.1, 0.15) is 18.2 Å². The largest absolute Gasteiger partial charge is 0.485 e. The molecule has 2 bridgehead atoms. The molecule has 0 atom stereocenters. The first kappa shape index (κ1) is 19.6. The van der Waals surface area contributed by atoms with Crippen LogP contribution in [-0.2, 0) is 19.4 Å². The Morgan fingerprint density at radius 1 is 1.27 bits per heavy atom. The Labute approximate surface area is 173 Å². The topological polar surface area (TPSA) is 113 Å². The normalized spacial score (nSPS) is 14.0. The number of nitrogen functional groups attached to an aromatic ring is 1. The van der Waals surface area contributed by atoms with Crippen molar-refractivity contribution in [3.8, 4) is 16.9 Å². The zero-order valence-electron chi connectivity index (χ0n) is 16.8. The number of hydrogen-bond acceptors (Lipinski definition) is 7. The van der Waals surface area contributed by atoms with Gasteiger partial charge in [-0.2, -0.15) is 0 Å². The fourth-order valence-corrected chi connectivity index (χ4v) is 3.57. The van der Waals surface area contributed by atoms with Crippen molar-refractivity contribution in [2.75, 3.05) is 12.8 Å². The van der Waals surface area contributed by atoms with Crippen molar-refractivity contribution in [2.45, 2.75) is 26.4 Å². The lowest BCUT2D eigenvalue weighted by molar-refractivity contribution is 0.306. The van der Waals surface area contributed by atoms with Gasteiger partial charge in [0.25, 0.3) is 0 Å². The highest BCUT2D eigenvalue weighted by Crippen LogP contribution is 2.35. The summed E-state index contributed by atoms with van der Waals surface area (Å²) in [6.45, 7) is 2.08. The Hall–Kier alpha value is -3.68. The SMILES string of the molecule is CCc1noc2c1-c1cnc(N)c(c1)OCc1cc(F)ccc1C(N)=C(C=NC)C2. The van der Waals surface area contributed by atoms with Crippen LogP contribution in [0.25, 0.3) is 16.8 Å². The lowest BCUT2D eigenvalue weighted by atomic mass is 9.95. The molecule has 8 heteroatoms. The van der Waals surface area contributed by atoms with Gasteiger partial charge >= 0.3 is 0 Å². The highest BCUT2D eigenvalue weighted by Gasteiger charge is 2.22. The number of ether oxygens (including phenoxy) is 1. The lowest BCUT2D eigenvalue weighted by Crippen LogP contribution is -2.11. The van der Waals surface area contributed by atoms with Gasteiger partial charge in [0.15, 0.2) is 11.6 Å². The summed E-state index contributed by atoms with van der Waals surface area (Å²) in [4.78, 5) is 8.42. The zero-order chi connectivity index (χ0) is 21.3. The van der Waals surface area contributed by atoms with Gasteiger partial charge in [-0.3, -0.25) is 4.99 Å². The van der Waals surface area contributed by atoms with Gasteiger partial charge in [0, 0.05) is 59.4 Å². The van der Waals surface area contributed by atoms with Crippen LogP contribution in [0.3, 0.4) is 0 Å². The average Bonchev–Trinajstić information content (AvgIpc) is 3.14. The standard InChI is InChI=1S/C22H22FN5O2/c1-3-17-20-12-7-19(22(25)27-10-12)29-11-14-6-15(23)4-5-16(14)21(24)13(9-26-2)8-18(20)30-28-17/h4-7,9-10H,3,8,11,24H2,1-2H3,(H2,25,27). The highest BCUT2D eigenvalue weighted by atomic mass is 19.1. The maximum absolute atomic E-state index is 14.0. The average molecular weight is 407 g/mol. The predicted octanol–water partition coefficient (Wildman–Crippen LogP) is 3.53. The number of aromatic nitrogens is 2. The molecular weight excluding hydrogens is 385 g/mol. The van der Waals surface area contributed by atoms with E-state index >= 15 is 0 Å². The fraction of sp³-hybridized carbons (Fsp3) is 0.227. The molecule has 0 aliphatic carbocycles. The van der Waals surface area contributed by atoms with Gasteiger partial charge in [0.05, 0.1) is 5.69 Å². The number of nitrogens with zero attached hydrogens (tertiary/aromatic N) is 3. The summed E-state index contributed by atoms with van der Waals surface area (Å²) in [5, 5.41) is 4.23. The van der Waals surface area contributed by atoms with Crippen molar-refractivity contribution < 1.29 is 13.7 Å². The smallest absolute Gasteiger partial charge is 0.166 e. The van der Waals surface area contributed by atoms with Crippen LogP contribution < -0.4 is 16.2 Å². The van der Waals surface area contributed by atoms with Crippen LogP contribution in [0.1, 0.15) is 29.5 Å². The molecule has 30 heavy (non-hydrogen) atoms. The Morgan fingerprint density at radius 3 is 2.87 bits per heavy atom. The third-order valence-electron chi connectivity index (χ3n) is 5.06. The van der Waals surface area contributed by atoms with Crippen molar-refractivity contribution >= 4 is 17.7 Å². The molecule has 0 saturated carbocycles. The molecule has 4 rings (SSSR count). The van der Waals surface area contributed by atoms with E-state index in [2.05, 4.69) is 15.1 Å². The van der Waals surface area contributed by atoms with Crippen molar-refractivity contribution in [2.24, 2.45) is 10.7 Å². The minimum atomic E-state index is -0.382. The minimum absolute atomic E-state index is 0.0802. The van der Waals surface area contributed by atoms with Crippen LogP contribution in [0, 0.1) is 5.82 Å². The fourth-order valence-electron chi connectivity index (χ4n) is 3.57. The second-order valence-corrected chi connectivity index (χ2v) is 6.98. The summed E-state index contributed by atoms with van der Waals surface area (Å²) in [5.74, 6) is 0.891. The summed E-state index contributed by atoms with van der Waals surface area (Å²) in [7, 11) is 1.67. The molecule has 3 heterocycles. The van der Waals surface area contributed by atoms with Crippen LogP contribution in [0.4, 0.5) is 10.2 Å². The number of aryl methyl sites for hydroxylation is 1. The predicted molar refractivity (Wildman–Crippen MR) is 113 cm³/mol. The first-order valence-corrected chi connectivity index (χ1v) is 9.57. The number of halogens is 1. The second kappa shape index (κ2) is 7.98. The van der Waals surface area contributed by atoms with Gasteiger partial charge in [-0.15, -0.1) is 0 Å². The Bertz CT molecular complexity index is 1170. The molecule has 0 unspecified atom stereocenters. The zero-order valence-corrected chi connectivity index (χ0v) is 16.8. The van der Waals surface area contributed by atoms with E-state index in [1.165, 1.54) is 12.1 Å². The molecule has 1 aromatic carbocycles.